The van der Waals surface area contributed by atoms with Gasteiger partial charge in [0.15, 0.2) is 0 Å². The van der Waals surface area contributed by atoms with E-state index in [0.717, 1.165) is 51.7 Å². The maximum Gasteiger partial charge on any atom is 0.265 e. The molecule has 0 radical (unpaired) electrons. The quantitative estimate of drug-likeness (QED) is 0.0417. The Morgan fingerprint density at radius 3 is 2.30 bits per heavy atom. The highest BCUT2D eigenvalue weighted by molar-refractivity contribution is 7.89. The molecule has 0 saturated heterocycles. The highest BCUT2D eigenvalue weighted by Gasteiger charge is 2.39. The van der Waals surface area contributed by atoms with E-state index >= 15 is 9.18 Å². The van der Waals surface area contributed by atoms with Gasteiger partial charge in [0.05, 0.1) is 40.0 Å². The van der Waals surface area contributed by atoms with E-state index in [0.29, 0.717) is 52.6 Å². The van der Waals surface area contributed by atoms with Gasteiger partial charge in [-0.25, -0.2) is 32.7 Å². The van der Waals surface area contributed by atoms with Crippen LogP contribution < -0.4 is 40.5 Å². The van der Waals surface area contributed by atoms with Gasteiger partial charge in [-0.05, 0) is 137 Å². The molecule has 0 aliphatic carbocycles. The molecule has 4 heterocycles. The minimum absolute atomic E-state index is 0.0454. The molecular formula is C60H68FN13O9S. The van der Waals surface area contributed by atoms with Gasteiger partial charge in [0.25, 0.3) is 17.7 Å². The van der Waals surface area contributed by atoms with Gasteiger partial charge >= 0.3 is 0 Å². The third-order valence-corrected chi connectivity index (χ3v) is 16.0. The monoisotopic (exact) mass is 1170 g/mol. The number of nitrogens with one attached hydrogen (secondary N) is 4. The second-order valence-corrected chi connectivity index (χ2v) is 21.9. The fraction of sp³-hybridized carbons (Fsp3) is 0.317. The van der Waals surface area contributed by atoms with Gasteiger partial charge in [0.1, 0.15) is 23.4 Å². The average Bonchev–Trinajstić information content (AvgIpc) is 3.86. The van der Waals surface area contributed by atoms with Crippen LogP contribution in [0.5, 0.6) is 5.75 Å². The molecule has 0 fully saturated rings. The standard InChI is InChI=1S/C60H68FN13O9S/c1-10-72(11-2)29-28-63-57(78)56-36(4)48(66-37(56)5)33-46-45-30-40(61)15-22-50(45)74(58(46)79)55(77)25-21-47(67-54(76)24-23-53(75)65-34-39-13-18-43(83-9)19-14-39)59(80)73(42-16-12-35(3)51(32-42)84(62,81)82)60-64-27-26-52(68-60)70(7)41-17-20-44-38(6)71(8)69-49(44)31-41/h12-20,22,26-27,30-33,47,66H,10-11,21,23-25,28-29,34H2,1-9H3,(H,63,78)(H,65,75)(H,67,76)(H2,62,81,82)/b46-33-/t47-/m0/s1. The van der Waals surface area contributed by atoms with Crippen molar-refractivity contribution < 1.29 is 46.3 Å². The number of aryl methyl sites for hydroxylation is 4. The van der Waals surface area contributed by atoms with Crippen molar-refractivity contribution in [2.24, 2.45) is 12.2 Å². The number of hydrogen-bond donors (Lipinski definition) is 5. The molecular weight excluding hydrogens is 1100 g/mol. The average molecular weight is 1170 g/mol. The summed E-state index contributed by atoms with van der Waals surface area (Å²) in [5.74, 6) is -4.26. The number of carbonyl (C=O) groups excluding carboxylic acids is 6. The number of H-pyrrole nitrogens is 1. The SMILES string of the molecule is CCN(CC)CCNC(=O)c1c(C)[nH]c(/C=C2\C(=O)N(C(=O)CC[C@H](NC(=O)CCC(=O)NCc3ccc(OC)cc3)C(=O)N(c3ccc(C)c(S(N)(=O)=O)c3)c3nccc(N(C)c4ccc5c(C)n(C)nc5c4)n3)c3ccc(F)cc32)c1C. The summed E-state index contributed by atoms with van der Waals surface area (Å²) in [6, 6.07) is 20.2. The Morgan fingerprint density at radius 2 is 1.60 bits per heavy atom. The largest absolute Gasteiger partial charge is 0.497 e. The number of nitrogens with zero attached hydrogens (tertiary/aromatic N) is 8. The maximum absolute atomic E-state index is 15.6. The molecule has 4 aromatic carbocycles. The minimum atomic E-state index is -4.40. The Kier molecular flexibility index (Phi) is 18.9. The fourth-order valence-electron chi connectivity index (χ4n) is 10.00. The number of benzene rings is 4. The van der Waals surface area contributed by atoms with Gasteiger partial charge in [-0.15, -0.1) is 0 Å². The number of sulfonamides is 1. The number of methoxy groups -OCH3 is 1. The number of aromatic nitrogens is 5. The summed E-state index contributed by atoms with van der Waals surface area (Å²) in [6.07, 6.45) is 1.05. The minimum Gasteiger partial charge on any atom is -0.497 e. The van der Waals surface area contributed by atoms with Crippen molar-refractivity contribution in [1.29, 1.82) is 0 Å². The number of ether oxygens (including phenoxy) is 1. The van der Waals surface area contributed by atoms with E-state index in [1.807, 2.05) is 46.0 Å². The summed E-state index contributed by atoms with van der Waals surface area (Å²) in [7, 11) is 0.711. The van der Waals surface area contributed by atoms with E-state index in [9.17, 15) is 32.4 Å². The molecule has 1 aliphatic heterocycles. The second kappa shape index (κ2) is 26.0. The van der Waals surface area contributed by atoms with Crippen LogP contribution in [0.25, 0.3) is 22.6 Å². The molecule has 0 saturated carbocycles. The molecule has 1 aliphatic rings. The van der Waals surface area contributed by atoms with Crippen molar-refractivity contribution in [1.82, 2.24) is 45.6 Å². The molecule has 0 unspecified atom stereocenters. The molecule has 8 rings (SSSR count). The van der Waals surface area contributed by atoms with E-state index < -0.39 is 70.7 Å². The smallest absolute Gasteiger partial charge is 0.265 e. The van der Waals surface area contributed by atoms with Crippen LogP contribution in [0.15, 0.2) is 96.0 Å². The Morgan fingerprint density at radius 1 is 0.881 bits per heavy atom. The molecule has 0 spiro atoms. The first-order valence-corrected chi connectivity index (χ1v) is 28.8. The lowest BCUT2D eigenvalue weighted by molar-refractivity contribution is -0.129. The van der Waals surface area contributed by atoms with Gasteiger partial charge in [-0.2, -0.15) is 10.1 Å². The molecule has 1 atom stereocenters. The van der Waals surface area contributed by atoms with Crippen molar-refractivity contribution >= 4 is 96.8 Å². The predicted octanol–water partition coefficient (Wildman–Crippen LogP) is 6.70. The van der Waals surface area contributed by atoms with E-state index in [-0.39, 0.29) is 63.6 Å². The van der Waals surface area contributed by atoms with Crippen LogP contribution in [0.2, 0.25) is 0 Å². The number of likely N-dealkylation sites (N-methyl/N-ethyl adjacent to an activating group) is 1. The Hall–Kier alpha value is -9.13. The topological polar surface area (TPSA) is 280 Å². The highest BCUT2D eigenvalue weighted by atomic mass is 32.2. The van der Waals surface area contributed by atoms with Crippen molar-refractivity contribution in [3.05, 3.63) is 142 Å². The lowest BCUT2D eigenvalue weighted by Crippen LogP contribution is -2.48. The van der Waals surface area contributed by atoms with Crippen LogP contribution >= 0.6 is 0 Å². The Balaban J connectivity index is 1.12. The van der Waals surface area contributed by atoms with Crippen LogP contribution in [0.4, 0.5) is 33.2 Å². The van der Waals surface area contributed by atoms with Crippen LogP contribution in [-0.2, 0) is 47.6 Å². The molecule has 22 nitrogen and oxygen atoms in total. The summed E-state index contributed by atoms with van der Waals surface area (Å²) in [6.45, 7) is 13.8. The molecule has 3 aromatic heterocycles. The first-order chi connectivity index (χ1) is 40.0. The van der Waals surface area contributed by atoms with E-state index in [2.05, 4.69) is 35.9 Å². The van der Waals surface area contributed by atoms with Crippen molar-refractivity contribution in [2.45, 2.75) is 84.7 Å². The third-order valence-electron chi connectivity index (χ3n) is 14.9. The van der Waals surface area contributed by atoms with Crippen LogP contribution in [-0.4, -0.2) is 120 Å². The van der Waals surface area contributed by atoms with Gasteiger partial charge in [0.2, 0.25) is 33.7 Å². The summed E-state index contributed by atoms with van der Waals surface area (Å²) in [5, 5.41) is 19.7. The third kappa shape index (κ3) is 13.5. The summed E-state index contributed by atoms with van der Waals surface area (Å²) in [4.78, 5) is 104. The lowest BCUT2D eigenvalue weighted by Gasteiger charge is -2.28. The van der Waals surface area contributed by atoms with Gasteiger partial charge < -0.3 is 35.5 Å². The van der Waals surface area contributed by atoms with E-state index in [1.165, 1.54) is 50.6 Å². The number of halogens is 1. The number of fused-ring (bicyclic) bond motifs is 2. The highest BCUT2D eigenvalue weighted by Crippen LogP contribution is 2.40. The second-order valence-electron chi connectivity index (χ2n) is 20.3. The van der Waals surface area contributed by atoms with Gasteiger partial charge in [-0.3, -0.25) is 33.4 Å². The predicted molar refractivity (Wildman–Crippen MR) is 318 cm³/mol. The first kappa shape index (κ1) is 61.0. The van der Waals surface area contributed by atoms with Gasteiger partial charge in [-0.1, -0.05) is 32.0 Å². The number of amides is 6. The van der Waals surface area contributed by atoms with Crippen molar-refractivity contribution in [2.75, 3.05) is 55.0 Å². The zero-order valence-electron chi connectivity index (χ0n) is 48.3. The molecule has 6 N–H and O–H groups in total. The maximum atomic E-state index is 15.6. The van der Waals surface area contributed by atoms with Crippen LogP contribution in [0.3, 0.4) is 0 Å². The number of aromatic amines is 1. The number of anilines is 5. The summed E-state index contributed by atoms with van der Waals surface area (Å²) in [5.41, 5.74) is 5.12. The first-order valence-electron chi connectivity index (χ1n) is 27.3. The van der Waals surface area contributed by atoms with E-state index in [4.69, 9.17) is 14.9 Å². The zero-order valence-corrected chi connectivity index (χ0v) is 49.1. The van der Waals surface area contributed by atoms with Crippen LogP contribution in [0, 0.1) is 33.5 Å². The number of hydrogen-bond acceptors (Lipinski definition) is 14. The Labute approximate surface area is 486 Å². The zero-order chi connectivity index (χ0) is 60.7. The van der Waals surface area contributed by atoms with Crippen molar-refractivity contribution in [3.63, 3.8) is 0 Å². The molecule has 0 bridgehead atoms. The Bertz CT molecular complexity index is 3840. The number of primary sulfonamides is 1. The molecule has 84 heavy (non-hydrogen) atoms. The van der Waals surface area contributed by atoms with Crippen molar-refractivity contribution in [3.8, 4) is 5.75 Å². The molecule has 24 heteroatoms. The molecule has 440 valence electrons. The van der Waals surface area contributed by atoms with Crippen LogP contribution in [0.1, 0.15) is 89.2 Å². The molecule has 6 amide bonds. The number of carbonyl (C=O) groups is 6. The number of imide groups is 1. The summed E-state index contributed by atoms with van der Waals surface area (Å²) < 4.78 is 48.2. The number of nitrogens with two attached hydrogens (primary N) is 1. The van der Waals surface area contributed by atoms with Gasteiger partial charge in [0, 0.05) is 92.9 Å². The normalized spacial score (nSPS) is 13.1. The molecule has 7 aromatic rings. The number of rotatable bonds is 23. The summed E-state index contributed by atoms with van der Waals surface area (Å²) >= 11 is 0. The van der Waals surface area contributed by atoms with E-state index in [1.54, 1.807) is 60.8 Å². The fourth-order valence-corrected chi connectivity index (χ4v) is 10.8. The lowest BCUT2D eigenvalue weighted by atomic mass is 10.0.